The van der Waals surface area contributed by atoms with Crippen molar-refractivity contribution >= 4 is 0 Å². The first-order chi connectivity index (χ1) is 9.17. The molecule has 0 atom stereocenters. The second-order valence-corrected chi connectivity index (χ2v) is 4.92. The zero-order valence-corrected chi connectivity index (χ0v) is 12.1. The van der Waals surface area contributed by atoms with Crippen LogP contribution in [-0.2, 0) is 6.54 Å². The molecule has 108 valence electrons. The number of rotatable bonds is 9. The predicted octanol–water partition coefficient (Wildman–Crippen LogP) is 2.20. The van der Waals surface area contributed by atoms with Crippen LogP contribution < -0.4 is 14.8 Å². The Labute approximate surface area is 115 Å². The van der Waals surface area contributed by atoms with Gasteiger partial charge in [-0.3, -0.25) is 0 Å². The third-order valence-electron chi connectivity index (χ3n) is 2.70. The molecular weight excluding hydrogens is 242 g/mol. The SMILES string of the molecule is COc1ccc(CNCC(C)C)c(OCCCO)c1. The zero-order chi connectivity index (χ0) is 14.1. The monoisotopic (exact) mass is 267 g/mol. The number of hydrogen-bond acceptors (Lipinski definition) is 4. The van der Waals surface area contributed by atoms with Crippen molar-refractivity contribution in [1.82, 2.24) is 5.32 Å². The van der Waals surface area contributed by atoms with E-state index >= 15 is 0 Å². The van der Waals surface area contributed by atoms with Crippen molar-refractivity contribution in [3.05, 3.63) is 23.8 Å². The zero-order valence-electron chi connectivity index (χ0n) is 12.1. The summed E-state index contributed by atoms with van der Waals surface area (Å²) in [6.45, 7) is 6.77. The van der Waals surface area contributed by atoms with Gasteiger partial charge in [-0.05, 0) is 18.5 Å². The highest BCUT2D eigenvalue weighted by Crippen LogP contribution is 2.25. The van der Waals surface area contributed by atoms with Gasteiger partial charge in [0.05, 0.1) is 13.7 Å². The standard InChI is InChI=1S/C15H25NO3/c1-12(2)10-16-11-13-5-6-14(18-3)9-15(13)19-8-4-7-17/h5-6,9,12,16-17H,4,7-8,10-11H2,1-3H3. The highest BCUT2D eigenvalue weighted by molar-refractivity contribution is 5.40. The van der Waals surface area contributed by atoms with Crippen molar-refractivity contribution in [3.8, 4) is 11.5 Å². The van der Waals surface area contributed by atoms with Gasteiger partial charge in [0.15, 0.2) is 0 Å². The summed E-state index contributed by atoms with van der Waals surface area (Å²) in [5.74, 6) is 2.23. The molecule has 4 nitrogen and oxygen atoms in total. The Morgan fingerprint density at radius 2 is 2.11 bits per heavy atom. The van der Waals surface area contributed by atoms with Gasteiger partial charge >= 0.3 is 0 Å². The predicted molar refractivity (Wildman–Crippen MR) is 76.7 cm³/mol. The van der Waals surface area contributed by atoms with E-state index in [1.165, 1.54) is 0 Å². The van der Waals surface area contributed by atoms with E-state index in [-0.39, 0.29) is 6.61 Å². The molecule has 1 rings (SSSR count). The fourth-order valence-corrected chi connectivity index (χ4v) is 1.68. The van der Waals surface area contributed by atoms with Gasteiger partial charge < -0.3 is 19.9 Å². The molecule has 0 aliphatic rings. The lowest BCUT2D eigenvalue weighted by Gasteiger charge is -2.14. The molecule has 0 saturated carbocycles. The molecule has 0 spiro atoms. The first-order valence-electron chi connectivity index (χ1n) is 6.78. The summed E-state index contributed by atoms with van der Waals surface area (Å²) in [4.78, 5) is 0. The van der Waals surface area contributed by atoms with Crippen LogP contribution in [-0.4, -0.2) is 32.0 Å². The van der Waals surface area contributed by atoms with E-state index in [4.69, 9.17) is 14.6 Å². The van der Waals surface area contributed by atoms with Crippen LogP contribution in [0.15, 0.2) is 18.2 Å². The smallest absolute Gasteiger partial charge is 0.127 e. The Morgan fingerprint density at radius 3 is 2.74 bits per heavy atom. The summed E-state index contributed by atoms with van der Waals surface area (Å²) >= 11 is 0. The molecule has 0 aromatic heterocycles. The van der Waals surface area contributed by atoms with E-state index in [0.717, 1.165) is 30.2 Å². The third kappa shape index (κ3) is 5.94. The molecule has 0 saturated heterocycles. The lowest BCUT2D eigenvalue weighted by atomic mass is 10.1. The van der Waals surface area contributed by atoms with Crippen LogP contribution >= 0.6 is 0 Å². The number of hydrogen-bond donors (Lipinski definition) is 2. The van der Waals surface area contributed by atoms with Gasteiger partial charge in [-0.2, -0.15) is 0 Å². The number of methoxy groups -OCH3 is 1. The molecule has 19 heavy (non-hydrogen) atoms. The minimum atomic E-state index is 0.144. The molecule has 0 radical (unpaired) electrons. The fraction of sp³-hybridized carbons (Fsp3) is 0.600. The maximum atomic E-state index is 8.80. The molecule has 0 bridgehead atoms. The van der Waals surface area contributed by atoms with E-state index in [0.29, 0.717) is 18.9 Å². The van der Waals surface area contributed by atoms with Gasteiger partial charge in [0.25, 0.3) is 0 Å². The average molecular weight is 267 g/mol. The normalized spacial score (nSPS) is 10.8. The molecule has 0 aliphatic carbocycles. The number of aliphatic hydroxyl groups excluding tert-OH is 1. The minimum Gasteiger partial charge on any atom is -0.497 e. The summed E-state index contributed by atoms with van der Waals surface area (Å²) in [6.07, 6.45) is 0.635. The fourth-order valence-electron chi connectivity index (χ4n) is 1.68. The first-order valence-corrected chi connectivity index (χ1v) is 6.78. The van der Waals surface area contributed by atoms with Crippen molar-refractivity contribution in [3.63, 3.8) is 0 Å². The van der Waals surface area contributed by atoms with Crippen LogP contribution in [0.2, 0.25) is 0 Å². The molecule has 1 aromatic carbocycles. The molecule has 0 heterocycles. The summed E-state index contributed by atoms with van der Waals surface area (Å²) < 4.78 is 10.9. The van der Waals surface area contributed by atoms with E-state index in [1.54, 1.807) is 7.11 Å². The van der Waals surface area contributed by atoms with Crippen molar-refractivity contribution in [2.75, 3.05) is 26.9 Å². The topological polar surface area (TPSA) is 50.7 Å². The number of ether oxygens (including phenoxy) is 2. The number of benzene rings is 1. The summed E-state index contributed by atoms with van der Waals surface area (Å²) in [6, 6.07) is 5.84. The highest BCUT2D eigenvalue weighted by atomic mass is 16.5. The van der Waals surface area contributed by atoms with Crippen LogP contribution in [0.25, 0.3) is 0 Å². The highest BCUT2D eigenvalue weighted by Gasteiger charge is 2.06. The Morgan fingerprint density at radius 1 is 1.32 bits per heavy atom. The van der Waals surface area contributed by atoms with Crippen LogP contribution in [0.3, 0.4) is 0 Å². The molecule has 0 amide bonds. The van der Waals surface area contributed by atoms with Gasteiger partial charge in [0.1, 0.15) is 11.5 Å². The largest absolute Gasteiger partial charge is 0.497 e. The molecule has 2 N–H and O–H groups in total. The van der Waals surface area contributed by atoms with E-state index in [2.05, 4.69) is 19.2 Å². The maximum Gasteiger partial charge on any atom is 0.127 e. The molecule has 0 fully saturated rings. The lowest BCUT2D eigenvalue weighted by molar-refractivity contribution is 0.232. The summed E-state index contributed by atoms with van der Waals surface area (Å²) in [7, 11) is 1.64. The maximum absolute atomic E-state index is 8.80. The molecular formula is C15H25NO3. The van der Waals surface area contributed by atoms with Crippen LogP contribution in [0.5, 0.6) is 11.5 Å². The van der Waals surface area contributed by atoms with Crippen LogP contribution in [0, 0.1) is 5.92 Å². The van der Waals surface area contributed by atoms with Crippen LogP contribution in [0.4, 0.5) is 0 Å². The van der Waals surface area contributed by atoms with Gasteiger partial charge in [-0.1, -0.05) is 19.9 Å². The van der Waals surface area contributed by atoms with E-state index in [9.17, 15) is 0 Å². The Kier molecular flexibility index (Phi) is 7.30. The van der Waals surface area contributed by atoms with Crippen molar-refractivity contribution in [2.45, 2.75) is 26.8 Å². The summed E-state index contributed by atoms with van der Waals surface area (Å²) in [5, 5.41) is 12.2. The van der Waals surface area contributed by atoms with Gasteiger partial charge in [0.2, 0.25) is 0 Å². The second kappa shape index (κ2) is 8.77. The molecule has 4 heteroatoms. The van der Waals surface area contributed by atoms with Crippen LogP contribution in [0.1, 0.15) is 25.8 Å². The Balaban J connectivity index is 2.65. The molecule has 0 aliphatic heterocycles. The quantitative estimate of drug-likeness (QED) is 0.674. The molecule has 1 aromatic rings. The first kappa shape index (κ1) is 15.8. The van der Waals surface area contributed by atoms with E-state index < -0.39 is 0 Å². The van der Waals surface area contributed by atoms with Gasteiger partial charge in [-0.15, -0.1) is 0 Å². The van der Waals surface area contributed by atoms with Crippen molar-refractivity contribution < 1.29 is 14.6 Å². The Hall–Kier alpha value is -1.26. The lowest BCUT2D eigenvalue weighted by Crippen LogP contribution is -2.19. The number of nitrogens with one attached hydrogen (secondary N) is 1. The van der Waals surface area contributed by atoms with Gasteiger partial charge in [-0.25, -0.2) is 0 Å². The molecule has 0 unspecified atom stereocenters. The van der Waals surface area contributed by atoms with Crippen molar-refractivity contribution in [2.24, 2.45) is 5.92 Å². The minimum absolute atomic E-state index is 0.144. The number of aliphatic hydroxyl groups is 1. The third-order valence-corrected chi connectivity index (χ3v) is 2.70. The Bertz CT molecular complexity index is 366. The second-order valence-electron chi connectivity index (χ2n) is 4.92. The van der Waals surface area contributed by atoms with E-state index in [1.807, 2.05) is 18.2 Å². The van der Waals surface area contributed by atoms with Crippen molar-refractivity contribution in [1.29, 1.82) is 0 Å². The summed E-state index contributed by atoms with van der Waals surface area (Å²) in [5.41, 5.74) is 1.11. The van der Waals surface area contributed by atoms with Gasteiger partial charge in [0, 0.05) is 31.2 Å². The average Bonchev–Trinajstić information content (AvgIpc) is 2.40.